The van der Waals surface area contributed by atoms with E-state index >= 15 is 0 Å². The van der Waals surface area contributed by atoms with Gasteiger partial charge in [-0.3, -0.25) is 4.79 Å². The molecule has 1 amide bonds. The normalized spacial score (nSPS) is 11.6. The van der Waals surface area contributed by atoms with Crippen LogP contribution in [0.1, 0.15) is 37.0 Å². The van der Waals surface area contributed by atoms with Gasteiger partial charge in [-0.2, -0.15) is 0 Å². The van der Waals surface area contributed by atoms with Crippen molar-refractivity contribution in [2.24, 2.45) is 0 Å². The van der Waals surface area contributed by atoms with Crippen molar-refractivity contribution in [1.82, 2.24) is 5.32 Å². The lowest BCUT2D eigenvalue weighted by Crippen LogP contribution is -2.35. The molecule has 116 valence electrons. The molecule has 0 aliphatic rings. The van der Waals surface area contributed by atoms with E-state index in [1.807, 2.05) is 32.0 Å². The molecule has 5 nitrogen and oxygen atoms in total. The van der Waals surface area contributed by atoms with Gasteiger partial charge in [0.1, 0.15) is 0 Å². The molecule has 1 aromatic rings. The average Bonchev–Trinajstić information content (AvgIpc) is 2.45. The van der Waals surface area contributed by atoms with Gasteiger partial charge in [0, 0.05) is 25.8 Å². The first-order chi connectivity index (χ1) is 9.93. The van der Waals surface area contributed by atoms with E-state index in [0.29, 0.717) is 5.56 Å². The van der Waals surface area contributed by atoms with Gasteiger partial charge in [0.2, 0.25) is 0 Å². The van der Waals surface area contributed by atoms with Crippen LogP contribution in [0.15, 0.2) is 24.3 Å². The van der Waals surface area contributed by atoms with E-state index in [2.05, 4.69) is 12.2 Å². The van der Waals surface area contributed by atoms with E-state index in [1.54, 1.807) is 18.2 Å². The lowest BCUT2D eigenvalue weighted by molar-refractivity contribution is -0.124. The average molecular weight is 292 g/mol. The Morgan fingerprint density at radius 2 is 2.05 bits per heavy atom. The molecule has 0 saturated heterocycles. The van der Waals surface area contributed by atoms with Gasteiger partial charge in [-0.1, -0.05) is 19.4 Å². The van der Waals surface area contributed by atoms with Crippen molar-refractivity contribution in [2.45, 2.75) is 32.7 Å². The highest BCUT2D eigenvalue weighted by atomic mass is 16.5. The first-order valence-corrected chi connectivity index (χ1v) is 7.18. The molecule has 1 N–H and O–H groups in total. The standard InChI is InChI=1S/C16H24N2O3/c1-5-7-12(2)17-15(19)11-21-16(20)13-8-6-9-14(10-13)18(3)4/h6,8-10,12H,5,7,11H2,1-4H3,(H,17,19)/t12-/m0/s1. The third-order valence-corrected chi connectivity index (χ3v) is 3.06. The lowest BCUT2D eigenvalue weighted by atomic mass is 10.2. The number of benzene rings is 1. The molecule has 0 saturated carbocycles. The summed E-state index contributed by atoms with van der Waals surface area (Å²) >= 11 is 0. The van der Waals surface area contributed by atoms with Crippen molar-refractivity contribution >= 4 is 17.6 Å². The molecule has 0 bridgehead atoms. The molecule has 0 aliphatic carbocycles. The van der Waals surface area contributed by atoms with Crippen LogP contribution in [0.5, 0.6) is 0 Å². The number of amides is 1. The van der Waals surface area contributed by atoms with Crippen molar-refractivity contribution in [3.8, 4) is 0 Å². The molecule has 0 radical (unpaired) electrons. The third kappa shape index (κ3) is 5.85. The maximum absolute atomic E-state index is 11.9. The number of anilines is 1. The van der Waals surface area contributed by atoms with Crippen molar-refractivity contribution < 1.29 is 14.3 Å². The van der Waals surface area contributed by atoms with E-state index in [9.17, 15) is 9.59 Å². The minimum atomic E-state index is -0.489. The van der Waals surface area contributed by atoms with Crippen LogP contribution >= 0.6 is 0 Å². The zero-order chi connectivity index (χ0) is 15.8. The van der Waals surface area contributed by atoms with Gasteiger partial charge >= 0.3 is 5.97 Å². The highest BCUT2D eigenvalue weighted by molar-refractivity contribution is 5.92. The SMILES string of the molecule is CCC[C@H](C)NC(=O)COC(=O)c1cccc(N(C)C)c1. The largest absolute Gasteiger partial charge is 0.452 e. The number of carbonyl (C=O) groups is 2. The molecule has 21 heavy (non-hydrogen) atoms. The molecule has 0 fully saturated rings. The summed E-state index contributed by atoms with van der Waals surface area (Å²) in [6.45, 7) is 3.74. The van der Waals surface area contributed by atoms with Gasteiger partial charge in [-0.05, 0) is 31.5 Å². The van der Waals surface area contributed by atoms with Crippen LogP contribution in [0.2, 0.25) is 0 Å². The highest BCUT2D eigenvalue weighted by Crippen LogP contribution is 2.14. The van der Waals surface area contributed by atoms with Crippen molar-refractivity contribution in [3.05, 3.63) is 29.8 Å². The highest BCUT2D eigenvalue weighted by Gasteiger charge is 2.12. The molecule has 0 spiro atoms. The van der Waals surface area contributed by atoms with Crippen molar-refractivity contribution in [2.75, 3.05) is 25.6 Å². The Balaban J connectivity index is 2.50. The van der Waals surface area contributed by atoms with E-state index in [0.717, 1.165) is 18.5 Å². The van der Waals surface area contributed by atoms with Gasteiger partial charge in [-0.25, -0.2) is 4.79 Å². The monoisotopic (exact) mass is 292 g/mol. The predicted octanol–water partition coefficient (Wildman–Crippen LogP) is 2.21. The topological polar surface area (TPSA) is 58.6 Å². The van der Waals surface area contributed by atoms with Crippen molar-refractivity contribution in [3.63, 3.8) is 0 Å². The molecule has 0 heterocycles. The Morgan fingerprint density at radius 1 is 1.33 bits per heavy atom. The fraction of sp³-hybridized carbons (Fsp3) is 0.500. The summed E-state index contributed by atoms with van der Waals surface area (Å²) in [5.74, 6) is -0.759. The Morgan fingerprint density at radius 3 is 2.67 bits per heavy atom. The Bertz CT molecular complexity index is 486. The number of hydrogen-bond acceptors (Lipinski definition) is 4. The molecule has 0 aromatic heterocycles. The number of ether oxygens (including phenoxy) is 1. The summed E-state index contributed by atoms with van der Waals surface area (Å²) in [7, 11) is 3.79. The van der Waals surface area contributed by atoms with Crippen molar-refractivity contribution in [1.29, 1.82) is 0 Å². The number of hydrogen-bond donors (Lipinski definition) is 1. The smallest absolute Gasteiger partial charge is 0.338 e. The number of nitrogens with zero attached hydrogens (tertiary/aromatic N) is 1. The minimum Gasteiger partial charge on any atom is -0.452 e. The van der Waals surface area contributed by atoms with Crippen LogP contribution in [-0.2, 0) is 9.53 Å². The van der Waals surface area contributed by atoms with Crippen LogP contribution < -0.4 is 10.2 Å². The van der Waals surface area contributed by atoms with E-state index in [1.165, 1.54) is 0 Å². The molecular formula is C16H24N2O3. The van der Waals surface area contributed by atoms with Gasteiger partial charge in [-0.15, -0.1) is 0 Å². The predicted molar refractivity (Wildman–Crippen MR) is 83.6 cm³/mol. The first kappa shape index (κ1) is 17.0. The lowest BCUT2D eigenvalue weighted by Gasteiger charge is -2.14. The zero-order valence-corrected chi connectivity index (χ0v) is 13.2. The summed E-state index contributed by atoms with van der Waals surface area (Å²) in [6.07, 6.45) is 1.91. The van der Waals surface area contributed by atoms with E-state index < -0.39 is 5.97 Å². The van der Waals surface area contributed by atoms with Crippen LogP contribution in [0.3, 0.4) is 0 Å². The van der Waals surface area contributed by atoms with E-state index in [4.69, 9.17) is 4.74 Å². The van der Waals surface area contributed by atoms with Gasteiger partial charge in [0.25, 0.3) is 5.91 Å². The maximum atomic E-state index is 11.9. The molecule has 0 aliphatic heterocycles. The van der Waals surface area contributed by atoms with Gasteiger partial charge in [0.15, 0.2) is 6.61 Å². The number of esters is 1. The quantitative estimate of drug-likeness (QED) is 0.783. The molecule has 5 heteroatoms. The molecular weight excluding hydrogens is 268 g/mol. The minimum absolute atomic E-state index is 0.0956. The second kappa shape index (κ2) is 8.29. The van der Waals surface area contributed by atoms with Crippen LogP contribution in [0.25, 0.3) is 0 Å². The Labute approximate surface area is 126 Å². The number of nitrogens with one attached hydrogen (secondary N) is 1. The summed E-state index contributed by atoms with van der Waals surface area (Å²) in [4.78, 5) is 25.5. The fourth-order valence-electron chi connectivity index (χ4n) is 1.95. The fourth-order valence-corrected chi connectivity index (χ4v) is 1.95. The summed E-state index contributed by atoms with van der Waals surface area (Å²) in [5.41, 5.74) is 1.35. The molecule has 1 rings (SSSR count). The molecule has 1 atom stereocenters. The Kier molecular flexibility index (Phi) is 6.72. The summed E-state index contributed by atoms with van der Waals surface area (Å²) in [6, 6.07) is 7.19. The van der Waals surface area contributed by atoms with E-state index in [-0.39, 0.29) is 18.6 Å². The van der Waals surface area contributed by atoms with Crippen LogP contribution in [-0.4, -0.2) is 38.6 Å². The van der Waals surface area contributed by atoms with Crippen LogP contribution in [0.4, 0.5) is 5.69 Å². The summed E-state index contributed by atoms with van der Waals surface area (Å²) < 4.78 is 5.03. The first-order valence-electron chi connectivity index (χ1n) is 7.18. The second-order valence-electron chi connectivity index (χ2n) is 5.28. The third-order valence-electron chi connectivity index (χ3n) is 3.06. The molecule has 0 unspecified atom stereocenters. The molecule has 1 aromatic carbocycles. The maximum Gasteiger partial charge on any atom is 0.338 e. The summed E-state index contributed by atoms with van der Waals surface area (Å²) in [5, 5.41) is 2.79. The second-order valence-corrected chi connectivity index (χ2v) is 5.28. The number of carbonyl (C=O) groups excluding carboxylic acids is 2. The number of rotatable bonds is 7. The van der Waals surface area contributed by atoms with Gasteiger partial charge in [0.05, 0.1) is 5.56 Å². The van der Waals surface area contributed by atoms with Gasteiger partial charge < -0.3 is 15.0 Å². The Hall–Kier alpha value is -2.04. The van der Waals surface area contributed by atoms with Crippen LogP contribution in [0, 0.1) is 0 Å². The zero-order valence-electron chi connectivity index (χ0n) is 13.2.